The average Bonchev–Trinajstić information content (AvgIpc) is 2.95. The maximum atomic E-state index is 13.4. The van der Waals surface area contributed by atoms with E-state index in [4.69, 9.17) is 14.5 Å². The summed E-state index contributed by atoms with van der Waals surface area (Å²) in [6.07, 6.45) is 0. The van der Waals surface area contributed by atoms with Crippen molar-refractivity contribution in [2.24, 2.45) is 0 Å². The highest BCUT2D eigenvalue weighted by atomic mass is 16.5. The van der Waals surface area contributed by atoms with Crippen molar-refractivity contribution in [1.29, 1.82) is 0 Å². The van der Waals surface area contributed by atoms with Crippen molar-refractivity contribution >= 4 is 22.5 Å². The zero-order valence-electron chi connectivity index (χ0n) is 18.5. The maximum absolute atomic E-state index is 13.4. The molecular weight excluding hydrogens is 376 g/mol. The molecule has 30 heavy (non-hydrogen) atoms. The SMILES string of the molecule is COCC(COC)N1C(=O)c2ccc(-c3c(C)cc(C)cc3C)c3nc(C)cc1c23. The van der Waals surface area contributed by atoms with Crippen molar-refractivity contribution in [2.75, 3.05) is 32.3 Å². The number of carbonyl (C=O) groups excluding carboxylic acids is 1. The summed E-state index contributed by atoms with van der Waals surface area (Å²) < 4.78 is 10.8. The highest BCUT2D eigenvalue weighted by molar-refractivity contribution is 6.26. The van der Waals surface area contributed by atoms with Crippen LogP contribution in [0.5, 0.6) is 0 Å². The van der Waals surface area contributed by atoms with E-state index in [0.717, 1.165) is 27.8 Å². The molecule has 0 atom stereocenters. The van der Waals surface area contributed by atoms with Crippen LogP contribution >= 0.6 is 0 Å². The van der Waals surface area contributed by atoms with Crippen LogP contribution in [0.25, 0.3) is 22.0 Å². The fourth-order valence-electron chi connectivity index (χ4n) is 4.80. The van der Waals surface area contributed by atoms with Crippen molar-refractivity contribution < 1.29 is 14.3 Å². The van der Waals surface area contributed by atoms with Gasteiger partial charge in [0.15, 0.2) is 0 Å². The van der Waals surface area contributed by atoms with E-state index in [1.807, 2.05) is 30.0 Å². The minimum atomic E-state index is -0.198. The molecule has 3 aromatic rings. The molecule has 0 spiro atoms. The zero-order valence-corrected chi connectivity index (χ0v) is 18.5. The van der Waals surface area contributed by atoms with Crippen LogP contribution in [0.1, 0.15) is 32.7 Å². The number of anilines is 1. The zero-order chi connectivity index (χ0) is 21.6. The number of carbonyl (C=O) groups is 1. The van der Waals surface area contributed by atoms with Gasteiger partial charge >= 0.3 is 0 Å². The summed E-state index contributed by atoms with van der Waals surface area (Å²) in [5, 5.41) is 0.916. The molecule has 1 aliphatic heterocycles. The molecule has 2 aromatic carbocycles. The van der Waals surface area contributed by atoms with Crippen molar-refractivity contribution in [3.63, 3.8) is 0 Å². The van der Waals surface area contributed by atoms with Crippen molar-refractivity contribution in [3.8, 4) is 11.1 Å². The van der Waals surface area contributed by atoms with Crippen molar-refractivity contribution in [1.82, 2.24) is 4.98 Å². The lowest BCUT2D eigenvalue weighted by Crippen LogP contribution is -2.43. The van der Waals surface area contributed by atoms with Gasteiger partial charge in [0.2, 0.25) is 0 Å². The Kier molecular flexibility index (Phi) is 5.35. The number of hydrogen-bond donors (Lipinski definition) is 0. The number of benzene rings is 2. The van der Waals surface area contributed by atoms with Gasteiger partial charge in [0.25, 0.3) is 5.91 Å². The second kappa shape index (κ2) is 7.82. The van der Waals surface area contributed by atoms with E-state index < -0.39 is 0 Å². The van der Waals surface area contributed by atoms with Crippen LogP contribution in [0.2, 0.25) is 0 Å². The number of pyridine rings is 1. The van der Waals surface area contributed by atoms with Crippen LogP contribution in [0.4, 0.5) is 5.69 Å². The number of rotatable bonds is 6. The summed E-state index contributed by atoms with van der Waals surface area (Å²) >= 11 is 0. The van der Waals surface area contributed by atoms with Crippen molar-refractivity contribution in [3.05, 3.63) is 58.3 Å². The lowest BCUT2D eigenvalue weighted by molar-refractivity contribution is 0.0876. The Morgan fingerprint density at radius 3 is 2.13 bits per heavy atom. The first-order valence-corrected chi connectivity index (χ1v) is 10.2. The summed E-state index contributed by atoms with van der Waals surface area (Å²) in [4.78, 5) is 20.1. The van der Waals surface area contributed by atoms with Gasteiger partial charge in [-0.15, -0.1) is 0 Å². The maximum Gasteiger partial charge on any atom is 0.259 e. The summed E-state index contributed by atoms with van der Waals surface area (Å²) in [5.41, 5.74) is 9.26. The molecule has 0 radical (unpaired) electrons. The normalized spacial score (nSPS) is 13.2. The van der Waals surface area contributed by atoms with E-state index in [-0.39, 0.29) is 11.9 Å². The fraction of sp³-hybridized carbons (Fsp3) is 0.360. The highest BCUT2D eigenvalue weighted by Gasteiger charge is 2.36. The summed E-state index contributed by atoms with van der Waals surface area (Å²) in [6.45, 7) is 9.16. The molecule has 0 fully saturated rings. The molecule has 5 heteroatoms. The molecule has 0 saturated heterocycles. The number of aromatic nitrogens is 1. The van der Waals surface area contributed by atoms with Gasteiger partial charge in [-0.05, 0) is 56.5 Å². The Balaban J connectivity index is 1.99. The smallest absolute Gasteiger partial charge is 0.259 e. The quantitative estimate of drug-likeness (QED) is 0.595. The lowest BCUT2D eigenvalue weighted by Gasteiger charge is -2.27. The van der Waals surface area contributed by atoms with E-state index in [9.17, 15) is 4.79 Å². The third kappa shape index (κ3) is 3.18. The van der Waals surface area contributed by atoms with Crippen LogP contribution in [-0.4, -0.2) is 44.4 Å². The van der Waals surface area contributed by atoms with E-state index in [2.05, 4.69) is 32.9 Å². The Bertz CT molecular complexity index is 1120. The average molecular weight is 405 g/mol. The van der Waals surface area contributed by atoms with E-state index >= 15 is 0 Å². The second-order valence-corrected chi connectivity index (χ2v) is 8.18. The van der Waals surface area contributed by atoms with E-state index in [1.165, 1.54) is 22.3 Å². The molecule has 2 heterocycles. The first-order chi connectivity index (χ1) is 14.4. The van der Waals surface area contributed by atoms with E-state index in [1.54, 1.807) is 14.2 Å². The first kappa shape index (κ1) is 20.5. The number of hydrogen-bond acceptors (Lipinski definition) is 4. The monoisotopic (exact) mass is 404 g/mol. The number of nitrogens with zero attached hydrogens (tertiary/aromatic N) is 2. The van der Waals surface area contributed by atoms with Crippen LogP contribution in [-0.2, 0) is 9.47 Å². The van der Waals surface area contributed by atoms with Gasteiger partial charge in [0.1, 0.15) is 0 Å². The van der Waals surface area contributed by atoms with Gasteiger partial charge < -0.3 is 9.47 Å². The predicted octanol–water partition coefficient (Wildman–Crippen LogP) is 4.76. The Morgan fingerprint density at radius 2 is 1.53 bits per heavy atom. The summed E-state index contributed by atoms with van der Waals surface area (Å²) in [7, 11) is 3.29. The molecule has 0 bridgehead atoms. The molecule has 0 N–H and O–H groups in total. The van der Waals surface area contributed by atoms with Gasteiger partial charge in [0, 0.05) is 30.9 Å². The van der Waals surface area contributed by atoms with Gasteiger partial charge in [0.05, 0.1) is 36.0 Å². The predicted molar refractivity (Wildman–Crippen MR) is 120 cm³/mol. The first-order valence-electron chi connectivity index (χ1n) is 10.2. The molecule has 4 rings (SSSR count). The second-order valence-electron chi connectivity index (χ2n) is 8.18. The van der Waals surface area contributed by atoms with Crippen LogP contribution in [0, 0.1) is 27.7 Å². The van der Waals surface area contributed by atoms with Gasteiger partial charge in [-0.25, -0.2) is 0 Å². The van der Waals surface area contributed by atoms with Crippen LogP contribution in [0.3, 0.4) is 0 Å². The number of amides is 1. The molecule has 0 aliphatic carbocycles. The van der Waals surface area contributed by atoms with E-state index in [0.29, 0.717) is 18.8 Å². The van der Waals surface area contributed by atoms with Crippen LogP contribution in [0.15, 0.2) is 30.3 Å². The number of aryl methyl sites for hydroxylation is 4. The Hall–Kier alpha value is -2.76. The Labute approximate surface area is 177 Å². The molecule has 156 valence electrons. The third-order valence-corrected chi connectivity index (χ3v) is 5.81. The van der Waals surface area contributed by atoms with Gasteiger partial charge in [-0.1, -0.05) is 23.8 Å². The standard InChI is InChI=1S/C25H28N2O3/c1-14-9-15(2)22(16(3)10-14)19-7-8-20-23-21(11-17(4)26-24(19)23)27(25(20)28)18(12-29-5)13-30-6/h7-11,18H,12-13H2,1-6H3. The third-order valence-electron chi connectivity index (χ3n) is 5.81. The number of methoxy groups -OCH3 is 2. The molecule has 1 aliphatic rings. The molecular formula is C25H28N2O3. The van der Waals surface area contributed by atoms with Crippen LogP contribution < -0.4 is 4.90 Å². The molecule has 0 saturated carbocycles. The lowest BCUT2D eigenvalue weighted by atomic mass is 9.91. The highest BCUT2D eigenvalue weighted by Crippen LogP contribution is 2.43. The minimum Gasteiger partial charge on any atom is -0.382 e. The Morgan fingerprint density at radius 1 is 0.933 bits per heavy atom. The van der Waals surface area contributed by atoms with Gasteiger partial charge in [-0.3, -0.25) is 14.7 Å². The van der Waals surface area contributed by atoms with Gasteiger partial charge in [-0.2, -0.15) is 0 Å². The molecule has 1 amide bonds. The largest absolute Gasteiger partial charge is 0.382 e. The summed E-state index contributed by atoms with van der Waals surface area (Å²) in [6, 6.07) is 10.2. The number of ether oxygens (including phenoxy) is 2. The molecule has 5 nitrogen and oxygen atoms in total. The summed E-state index contributed by atoms with van der Waals surface area (Å²) in [5.74, 6) is -0.0228. The fourth-order valence-corrected chi connectivity index (χ4v) is 4.80. The molecule has 1 aromatic heterocycles. The minimum absolute atomic E-state index is 0.0228. The van der Waals surface area contributed by atoms with Crippen molar-refractivity contribution in [2.45, 2.75) is 33.7 Å². The topological polar surface area (TPSA) is 51.7 Å². The molecule has 0 unspecified atom stereocenters.